The van der Waals surface area contributed by atoms with Gasteiger partial charge in [-0.25, -0.2) is 10.4 Å². The molecule has 1 aliphatic carbocycles. The molecule has 0 bridgehead atoms. The number of anilines is 1. The van der Waals surface area contributed by atoms with Gasteiger partial charge in [0.05, 0.1) is 5.71 Å². The Kier molecular flexibility index (Phi) is 5.76. The number of hydrazone groups is 1. The summed E-state index contributed by atoms with van der Waals surface area (Å²) in [5, 5.41) is 7.08. The topological polar surface area (TPSA) is 96.6 Å². The minimum atomic E-state index is -0.362. The highest BCUT2D eigenvalue weighted by Crippen LogP contribution is 2.30. The minimum Gasteiger partial charge on any atom is -0.455 e. The predicted octanol–water partition coefficient (Wildman–Crippen LogP) is 4.47. The number of nitrogens with zero attached hydrogens (tertiary/aromatic N) is 2. The van der Waals surface area contributed by atoms with E-state index in [0.29, 0.717) is 41.3 Å². The van der Waals surface area contributed by atoms with Crippen molar-refractivity contribution >= 4 is 39.3 Å². The highest BCUT2D eigenvalue weighted by molar-refractivity contribution is 9.10. The quantitative estimate of drug-likeness (QED) is 0.554. The van der Waals surface area contributed by atoms with Crippen molar-refractivity contribution in [2.45, 2.75) is 26.2 Å². The predicted molar refractivity (Wildman–Crippen MR) is 117 cm³/mol. The third-order valence-corrected chi connectivity index (χ3v) is 5.37. The van der Waals surface area contributed by atoms with Crippen molar-refractivity contribution in [2.75, 3.05) is 5.32 Å². The summed E-state index contributed by atoms with van der Waals surface area (Å²) < 4.78 is 6.76. The van der Waals surface area contributed by atoms with Crippen LogP contribution in [0.5, 0.6) is 0 Å². The Hall–Kier alpha value is -3.26. The number of hydrogen-bond acceptors (Lipinski definition) is 5. The number of aryl methyl sites for hydroxylation is 1. The first-order valence-electron chi connectivity index (χ1n) is 9.50. The maximum Gasteiger partial charge on any atom is 0.292 e. The number of halogens is 1. The third kappa shape index (κ3) is 4.18. The summed E-state index contributed by atoms with van der Waals surface area (Å²) in [6.45, 7) is 1.83. The molecule has 30 heavy (non-hydrogen) atoms. The smallest absolute Gasteiger partial charge is 0.292 e. The summed E-state index contributed by atoms with van der Waals surface area (Å²) in [6.07, 6.45) is 3.84. The van der Waals surface area contributed by atoms with E-state index in [0.717, 1.165) is 16.5 Å². The van der Waals surface area contributed by atoms with Crippen LogP contribution < -0.4 is 10.7 Å². The Bertz CT molecular complexity index is 1120. The van der Waals surface area contributed by atoms with Crippen molar-refractivity contribution in [3.63, 3.8) is 0 Å². The second kappa shape index (κ2) is 8.62. The van der Waals surface area contributed by atoms with Crippen LogP contribution in [-0.2, 0) is 6.42 Å². The highest BCUT2D eigenvalue weighted by Gasteiger charge is 2.28. The molecule has 2 aromatic heterocycles. The van der Waals surface area contributed by atoms with Gasteiger partial charge in [-0.05, 0) is 56.2 Å². The average molecular weight is 467 g/mol. The minimum absolute atomic E-state index is 0.236. The van der Waals surface area contributed by atoms with Gasteiger partial charge < -0.3 is 9.73 Å². The number of rotatable bonds is 4. The van der Waals surface area contributed by atoms with Crippen molar-refractivity contribution in [3.05, 3.63) is 81.3 Å². The molecule has 4 rings (SSSR count). The number of amides is 2. The van der Waals surface area contributed by atoms with Gasteiger partial charge in [0.2, 0.25) is 0 Å². The number of pyridine rings is 1. The number of aromatic nitrogens is 1. The lowest BCUT2D eigenvalue weighted by Crippen LogP contribution is -2.22. The Morgan fingerprint density at radius 2 is 1.90 bits per heavy atom. The maximum absolute atomic E-state index is 12.7. The van der Waals surface area contributed by atoms with Crippen molar-refractivity contribution in [1.29, 1.82) is 0 Å². The number of furan rings is 1. The van der Waals surface area contributed by atoms with E-state index in [1.807, 2.05) is 6.92 Å². The Balaban J connectivity index is 1.56. The fourth-order valence-corrected chi connectivity index (χ4v) is 3.65. The van der Waals surface area contributed by atoms with Crippen LogP contribution in [-0.4, -0.2) is 22.5 Å². The van der Waals surface area contributed by atoms with Gasteiger partial charge in [-0.15, -0.1) is 0 Å². The molecule has 0 spiro atoms. The first-order chi connectivity index (χ1) is 14.5. The van der Waals surface area contributed by atoms with Crippen LogP contribution in [0.3, 0.4) is 0 Å². The van der Waals surface area contributed by atoms with Gasteiger partial charge in [-0.1, -0.05) is 22.0 Å². The summed E-state index contributed by atoms with van der Waals surface area (Å²) in [4.78, 5) is 29.2. The second-order valence-electron chi connectivity index (χ2n) is 6.88. The molecule has 1 aromatic carbocycles. The fraction of sp³-hybridized carbons (Fsp3) is 0.182. The zero-order valence-corrected chi connectivity index (χ0v) is 17.8. The molecule has 0 atom stereocenters. The Morgan fingerprint density at radius 1 is 1.10 bits per heavy atom. The van der Waals surface area contributed by atoms with E-state index in [1.165, 1.54) is 0 Å². The van der Waals surface area contributed by atoms with Crippen LogP contribution in [0.4, 0.5) is 5.82 Å². The molecule has 0 radical (unpaired) electrons. The van der Waals surface area contributed by atoms with E-state index in [2.05, 4.69) is 36.8 Å². The molecule has 2 heterocycles. The number of carbonyl (C=O) groups excluding carboxylic acids is 2. The second-order valence-corrected chi connectivity index (χ2v) is 7.80. The van der Waals surface area contributed by atoms with Gasteiger partial charge in [-0.2, -0.15) is 5.10 Å². The van der Waals surface area contributed by atoms with E-state index in [9.17, 15) is 9.59 Å². The molecular formula is C22H19BrN4O3. The lowest BCUT2D eigenvalue weighted by atomic mass is 9.93. The summed E-state index contributed by atoms with van der Waals surface area (Å²) in [5.41, 5.74) is 5.33. The zero-order chi connectivity index (χ0) is 21.1. The van der Waals surface area contributed by atoms with E-state index < -0.39 is 0 Å². The largest absolute Gasteiger partial charge is 0.455 e. The van der Waals surface area contributed by atoms with Gasteiger partial charge in [0.25, 0.3) is 11.8 Å². The number of hydrogen-bond donors (Lipinski definition) is 2. The third-order valence-electron chi connectivity index (χ3n) is 4.84. The molecule has 0 fully saturated rings. The van der Waals surface area contributed by atoms with E-state index in [1.54, 1.807) is 48.7 Å². The Labute approximate surface area is 181 Å². The monoisotopic (exact) mass is 466 g/mol. The molecule has 152 valence electrons. The van der Waals surface area contributed by atoms with Gasteiger partial charge in [0.1, 0.15) is 11.6 Å². The van der Waals surface area contributed by atoms with E-state index in [-0.39, 0.29) is 17.6 Å². The lowest BCUT2D eigenvalue weighted by Gasteiger charge is -2.13. The van der Waals surface area contributed by atoms with Gasteiger partial charge in [-0.3, -0.25) is 9.59 Å². The van der Waals surface area contributed by atoms with Crippen LogP contribution in [0.2, 0.25) is 0 Å². The molecule has 3 aromatic rings. The molecule has 0 saturated heterocycles. The molecule has 1 aliphatic rings. The molecule has 0 aliphatic heterocycles. The molecule has 2 N–H and O–H groups in total. The van der Waals surface area contributed by atoms with Crippen LogP contribution >= 0.6 is 15.9 Å². The van der Waals surface area contributed by atoms with Crippen molar-refractivity contribution < 1.29 is 14.0 Å². The number of nitrogens with one attached hydrogen (secondary N) is 2. The van der Waals surface area contributed by atoms with E-state index >= 15 is 0 Å². The van der Waals surface area contributed by atoms with Crippen LogP contribution in [0.1, 0.15) is 50.6 Å². The molecular weight excluding hydrogens is 448 g/mol. The van der Waals surface area contributed by atoms with Crippen molar-refractivity contribution in [1.82, 2.24) is 10.4 Å². The average Bonchev–Trinajstić information content (AvgIpc) is 3.10. The molecule has 2 amide bonds. The Morgan fingerprint density at radius 3 is 2.63 bits per heavy atom. The normalized spacial score (nSPS) is 14.3. The number of carbonyl (C=O) groups is 2. The van der Waals surface area contributed by atoms with Gasteiger partial charge >= 0.3 is 0 Å². The standard InChI is InChI=1S/C22H19BrN4O3/c1-13-19-16(26-27-21(28)14-8-10-15(23)11-9-14)5-4-6-17(19)30-20(13)22(29)25-18-7-2-3-12-24-18/h2-3,7-12H,4-6H2,1H3,(H,27,28)(H,24,25,29)/b26-16+. The highest BCUT2D eigenvalue weighted by atomic mass is 79.9. The van der Waals surface area contributed by atoms with Crippen LogP contribution in [0, 0.1) is 6.92 Å². The van der Waals surface area contributed by atoms with Gasteiger partial charge in [0.15, 0.2) is 5.76 Å². The summed E-state index contributed by atoms with van der Waals surface area (Å²) in [5.74, 6) is 0.739. The number of benzene rings is 1. The van der Waals surface area contributed by atoms with Gasteiger partial charge in [0, 0.05) is 33.8 Å². The zero-order valence-electron chi connectivity index (χ0n) is 16.2. The maximum atomic E-state index is 12.7. The summed E-state index contributed by atoms with van der Waals surface area (Å²) >= 11 is 3.35. The molecule has 7 nitrogen and oxygen atoms in total. The van der Waals surface area contributed by atoms with Crippen LogP contribution in [0.15, 0.2) is 62.7 Å². The van der Waals surface area contributed by atoms with Crippen molar-refractivity contribution in [3.8, 4) is 0 Å². The molecule has 0 unspecified atom stereocenters. The first kappa shape index (κ1) is 20.0. The van der Waals surface area contributed by atoms with E-state index in [4.69, 9.17) is 4.42 Å². The summed E-state index contributed by atoms with van der Waals surface area (Å²) in [6, 6.07) is 12.3. The van der Waals surface area contributed by atoms with Crippen LogP contribution in [0.25, 0.3) is 0 Å². The lowest BCUT2D eigenvalue weighted by molar-refractivity contribution is 0.0953. The first-order valence-corrected chi connectivity index (χ1v) is 10.3. The summed E-state index contributed by atoms with van der Waals surface area (Å²) in [7, 11) is 0. The fourth-order valence-electron chi connectivity index (χ4n) is 3.39. The molecule has 8 heteroatoms. The SMILES string of the molecule is Cc1c(C(=O)Nc2ccccn2)oc2c1/C(=N/NC(=O)c1ccc(Br)cc1)CCC2. The molecule has 0 saturated carbocycles. The number of fused-ring (bicyclic) bond motifs is 1. The van der Waals surface area contributed by atoms with Crippen molar-refractivity contribution in [2.24, 2.45) is 5.10 Å².